The molecule has 132 valence electrons. The van der Waals surface area contributed by atoms with Crippen LogP contribution in [-0.2, 0) is 17.6 Å². The molecule has 3 rings (SSSR count). The van der Waals surface area contributed by atoms with Crippen molar-refractivity contribution in [1.29, 1.82) is 0 Å². The molecule has 1 unspecified atom stereocenters. The van der Waals surface area contributed by atoms with E-state index >= 15 is 0 Å². The number of nitrogens with one attached hydrogen (secondary N) is 1. The Morgan fingerprint density at radius 3 is 2.56 bits per heavy atom. The molecule has 4 nitrogen and oxygen atoms in total. The van der Waals surface area contributed by atoms with Gasteiger partial charge in [-0.05, 0) is 48.1 Å². The molecule has 0 aliphatic heterocycles. The number of methoxy groups -OCH3 is 2. The third kappa shape index (κ3) is 4.13. The van der Waals surface area contributed by atoms with Crippen LogP contribution >= 0.6 is 0 Å². The molecule has 0 bridgehead atoms. The Morgan fingerprint density at radius 2 is 1.84 bits per heavy atom. The number of benzene rings is 2. The molecular weight excluding hydrogens is 314 g/mol. The van der Waals surface area contributed by atoms with Gasteiger partial charge < -0.3 is 14.8 Å². The van der Waals surface area contributed by atoms with Gasteiger partial charge in [0.15, 0.2) is 11.5 Å². The van der Waals surface area contributed by atoms with Crippen molar-refractivity contribution < 1.29 is 14.3 Å². The van der Waals surface area contributed by atoms with Crippen molar-refractivity contribution in [2.24, 2.45) is 0 Å². The van der Waals surface area contributed by atoms with Gasteiger partial charge in [-0.2, -0.15) is 0 Å². The maximum Gasteiger partial charge on any atom is 0.220 e. The van der Waals surface area contributed by atoms with Crippen LogP contribution in [0.5, 0.6) is 11.5 Å². The van der Waals surface area contributed by atoms with Crippen molar-refractivity contribution in [3.05, 3.63) is 59.2 Å². The molecule has 1 atom stereocenters. The summed E-state index contributed by atoms with van der Waals surface area (Å²) in [6, 6.07) is 14.2. The topological polar surface area (TPSA) is 47.6 Å². The summed E-state index contributed by atoms with van der Waals surface area (Å²) >= 11 is 0. The SMILES string of the molecule is COc1cc2c(cc1OC)C(CNC(=O)CCc1ccccc1)CC2. The molecular formula is C21H25NO3. The van der Waals surface area contributed by atoms with E-state index in [2.05, 4.69) is 29.6 Å². The number of hydrogen-bond donors (Lipinski definition) is 1. The summed E-state index contributed by atoms with van der Waals surface area (Å²) in [5, 5.41) is 3.09. The monoisotopic (exact) mass is 339 g/mol. The molecule has 25 heavy (non-hydrogen) atoms. The molecule has 0 fully saturated rings. The number of carbonyl (C=O) groups excluding carboxylic acids is 1. The van der Waals surface area contributed by atoms with Gasteiger partial charge in [0.1, 0.15) is 0 Å². The molecule has 0 heterocycles. The Labute approximate surface area is 149 Å². The van der Waals surface area contributed by atoms with Gasteiger partial charge in [-0.15, -0.1) is 0 Å². The molecule has 4 heteroatoms. The minimum atomic E-state index is 0.109. The lowest BCUT2D eigenvalue weighted by atomic mass is 10.0. The third-order valence-corrected chi connectivity index (χ3v) is 4.88. The number of rotatable bonds is 7. The Hall–Kier alpha value is -2.49. The minimum Gasteiger partial charge on any atom is -0.493 e. The van der Waals surface area contributed by atoms with Crippen LogP contribution in [0.15, 0.2) is 42.5 Å². The molecule has 0 spiro atoms. The van der Waals surface area contributed by atoms with E-state index in [9.17, 15) is 4.79 Å². The highest BCUT2D eigenvalue weighted by atomic mass is 16.5. The highest BCUT2D eigenvalue weighted by Gasteiger charge is 2.25. The smallest absolute Gasteiger partial charge is 0.220 e. The van der Waals surface area contributed by atoms with Crippen LogP contribution in [0, 0.1) is 0 Å². The second-order valence-corrected chi connectivity index (χ2v) is 6.43. The molecule has 1 aliphatic carbocycles. The van der Waals surface area contributed by atoms with Crippen LogP contribution < -0.4 is 14.8 Å². The molecule has 0 saturated heterocycles. The van der Waals surface area contributed by atoms with Crippen molar-refractivity contribution >= 4 is 5.91 Å². The lowest BCUT2D eigenvalue weighted by molar-refractivity contribution is -0.121. The Kier molecular flexibility index (Phi) is 5.59. The summed E-state index contributed by atoms with van der Waals surface area (Å²) in [6.07, 6.45) is 3.36. The molecule has 1 amide bonds. The fraction of sp³-hybridized carbons (Fsp3) is 0.381. The second kappa shape index (κ2) is 8.06. The van der Waals surface area contributed by atoms with Crippen molar-refractivity contribution in [1.82, 2.24) is 5.32 Å². The molecule has 0 aromatic heterocycles. The normalized spacial score (nSPS) is 15.5. The van der Waals surface area contributed by atoms with E-state index in [1.807, 2.05) is 18.2 Å². The Morgan fingerprint density at radius 1 is 1.12 bits per heavy atom. The van der Waals surface area contributed by atoms with Gasteiger partial charge in [-0.3, -0.25) is 4.79 Å². The largest absolute Gasteiger partial charge is 0.493 e. The van der Waals surface area contributed by atoms with E-state index in [0.29, 0.717) is 18.9 Å². The first-order valence-corrected chi connectivity index (χ1v) is 8.76. The lowest BCUT2D eigenvalue weighted by Gasteiger charge is -2.15. The van der Waals surface area contributed by atoms with E-state index in [-0.39, 0.29) is 5.91 Å². The van der Waals surface area contributed by atoms with E-state index < -0.39 is 0 Å². The van der Waals surface area contributed by atoms with Crippen LogP contribution in [0.1, 0.15) is 35.4 Å². The molecule has 0 saturated carbocycles. The van der Waals surface area contributed by atoms with Gasteiger partial charge in [0, 0.05) is 18.9 Å². The maximum absolute atomic E-state index is 12.2. The van der Waals surface area contributed by atoms with Gasteiger partial charge in [-0.1, -0.05) is 30.3 Å². The van der Waals surface area contributed by atoms with E-state index in [0.717, 1.165) is 30.8 Å². The van der Waals surface area contributed by atoms with Crippen molar-refractivity contribution in [2.45, 2.75) is 31.6 Å². The summed E-state index contributed by atoms with van der Waals surface area (Å²) in [4.78, 5) is 12.2. The predicted octanol–water partition coefficient (Wildman–Crippen LogP) is 3.48. The first kappa shape index (κ1) is 17.3. The fourth-order valence-corrected chi connectivity index (χ4v) is 3.46. The highest BCUT2D eigenvalue weighted by molar-refractivity contribution is 5.76. The number of aryl methyl sites for hydroxylation is 2. The molecule has 2 aromatic carbocycles. The second-order valence-electron chi connectivity index (χ2n) is 6.43. The first-order chi connectivity index (χ1) is 12.2. The zero-order valence-corrected chi connectivity index (χ0v) is 14.9. The predicted molar refractivity (Wildman–Crippen MR) is 98.4 cm³/mol. The summed E-state index contributed by atoms with van der Waals surface area (Å²) in [6.45, 7) is 0.677. The average Bonchev–Trinajstić information content (AvgIpc) is 3.06. The minimum absolute atomic E-state index is 0.109. The molecule has 2 aromatic rings. The van der Waals surface area contributed by atoms with Gasteiger partial charge >= 0.3 is 0 Å². The first-order valence-electron chi connectivity index (χ1n) is 8.76. The van der Waals surface area contributed by atoms with Gasteiger partial charge in [0.05, 0.1) is 14.2 Å². The van der Waals surface area contributed by atoms with E-state index in [1.54, 1.807) is 14.2 Å². The number of amides is 1. The number of ether oxygens (including phenoxy) is 2. The van der Waals surface area contributed by atoms with Crippen LogP contribution in [0.4, 0.5) is 0 Å². The van der Waals surface area contributed by atoms with Crippen molar-refractivity contribution in [3.8, 4) is 11.5 Å². The molecule has 1 aliphatic rings. The fourth-order valence-electron chi connectivity index (χ4n) is 3.46. The Balaban J connectivity index is 1.56. The summed E-state index contributed by atoms with van der Waals surface area (Å²) in [5.74, 6) is 1.98. The summed E-state index contributed by atoms with van der Waals surface area (Å²) < 4.78 is 10.8. The molecule has 0 radical (unpaired) electrons. The van der Waals surface area contributed by atoms with Crippen molar-refractivity contribution in [3.63, 3.8) is 0 Å². The van der Waals surface area contributed by atoms with Crippen LogP contribution in [-0.4, -0.2) is 26.7 Å². The van der Waals surface area contributed by atoms with E-state index in [4.69, 9.17) is 9.47 Å². The zero-order chi connectivity index (χ0) is 17.6. The Bertz CT molecular complexity index is 727. The zero-order valence-electron chi connectivity index (χ0n) is 14.9. The quantitative estimate of drug-likeness (QED) is 0.840. The highest BCUT2D eigenvalue weighted by Crippen LogP contribution is 2.40. The molecule has 1 N–H and O–H groups in total. The lowest BCUT2D eigenvalue weighted by Crippen LogP contribution is -2.27. The third-order valence-electron chi connectivity index (χ3n) is 4.88. The van der Waals surface area contributed by atoms with Crippen LogP contribution in [0.3, 0.4) is 0 Å². The average molecular weight is 339 g/mol. The maximum atomic E-state index is 12.2. The van der Waals surface area contributed by atoms with Crippen LogP contribution in [0.2, 0.25) is 0 Å². The number of fused-ring (bicyclic) bond motifs is 1. The van der Waals surface area contributed by atoms with Gasteiger partial charge in [-0.25, -0.2) is 0 Å². The summed E-state index contributed by atoms with van der Waals surface area (Å²) in [5.41, 5.74) is 3.75. The standard InChI is InChI=1S/C21H25NO3/c1-24-19-12-16-9-10-17(18(16)13-20(19)25-2)14-22-21(23)11-8-15-6-4-3-5-7-15/h3-7,12-13,17H,8-11,14H2,1-2H3,(H,22,23). The number of hydrogen-bond acceptors (Lipinski definition) is 3. The van der Waals surface area contributed by atoms with E-state index in [1.165, 1.54) is 16.7 Å². The van der Waals surface area contributed by atoms with Crippen LogP contribution in [0.25, 0.3) is 0 Å². The summed E-state index contributed by atoms with van der Waals surface area (Å²) in [7, 11) is 3.31. The van der Waals surface area contributed by atoms with Gasteiger partial charge in [0.2, 0.25) is 5.91 Å². The number of carbonyl (C=O) groups is 1. The van der Waals surface area contributed by atoms with Gasteiger partial charge in [0.25, 0.3) is 0 Å². The van der Waals surface area contributed by atoms with Crippen molar-refractivity contribution in [2.75, 3.05) is 20.8 Å².